The first kappa shape index (κ1) is 13.9. The van der Waals surface area contributed by atoms with E-state index in [9.17, 15) is 0 Å². The molecule has 100 valence electrons. The highest BCUT2D eigenvalue weighted by molar-refractivity contribution is 9.10. The van der Waals surface area contributed by atoms with Crippen LogP contribution in [0, 0.1) is 5.92 Å². The molecule has 1 aromatic carbocycles. The summed E-state index contributed by atoms with van der Waals surface area (Å²) >= 11 is 3.61. The number of halogens is 1. The Morgan fingerprint density at radius 1 is 1.33 bits per heavy atom. The number of hydrogen-bond acceptors (Lipinski definition) is 2. The largest absolute Gasteiger partial charge is 0.399 e. The van der Waals surface area contributed by atoms with Gasteiger partial charge in [-0.3, -0.25) is 4.90 Å². The van der Waals surface area contributed by atoms with Gasteiger partial charge in [-0.1, -0.05) is 41.8 Å². The molecular weight excluding hydrogens is 288 g/mol. The standard InChI is InChI=1S/C15H23BrN2/c1-11-5-3-4-6-15(11)18(2)10-12-7-8-13(17)9-14(12)16/h7-9,11,15H,3-6,10,17H2,1-2H3. The van der Waals surface area contributed by atoms with Crippen molar-refractivity contribution in [3.05, 3.63) is 28.2 Å². The fourth-order valence-corrected chi connectivity index (χ4v) is 3.55. The van der Waals surface area contributed by atoms with E-state index in [4.69, 9.17) is 5.73 Å². The molecule has 0 radical (unpaired) electrons. The van der Waals surface area contributed by atoms with Crippen LogP contribution in [-0.2, 0) is 6.54 Å². The minimum absolute atomic E-state index is 0.725. The van der Waals surface area contributed by atoms with Crippen LogP contribution in [0.15, 0.2) is 22.7 Å². The van der Waals surface area contributed by atoms with Gasteiger partial charge in [-0.2, -0.15) is 0 Å². The van der Waals surface area contributed by atoms with Crippen molar-refractivity contribution in [2.45, 2.75) is 45.2 Å². The SMILES string of the molecule is CC1CCCCC1N(C)Cc1ccc(N)cc1Br. The third kappa shape index (κ3) is 3.27. The third-order valence-corrected chi connectivity index (χ3v) is 4.87. The fraction of sp³-hybridized carbons (Fsp3) is 0.600. The molecule has 0 aliphatic heterocycles. The summed E-state index contributed by atoms with van der Waals surface area (Å²) in [6.07, 6.45) is 5.49. The first-order chi connectivity index (χ1) is 8.58. The van der Waals surface area contributed by atoms with Gasteiger partial charge in [-0.05, 0) is 43.5 Å². The number of benzene rings is 1. The lowest BCUT2D eigenvalue weighted by Gasteiger charge is -2.36. The van der Waals surface area contributed by atoms with Crippen molar-refractivity contribution >= 4 is 21.6 Å². The number of nitrogen functional groups attached to an aromatic ring is 1. The molecule has 2 atom stereocenters. The average Bonchev–Trinajstić information content (AvgIpc) is 2.33. The van der Waals surface area contributed by atoms with E-state index in [2.05, 4.69) is 40.9 Å². The van der Waals surface area contributed by atoms with Crippen LogP contribution in [0.5, 0.6) is 0 Å². The zero-order valence-electron chi connectivity index (χ0n) is 11.3. The first-order valence-electron chi connectivity index (χ1n) is 6.82. The van der Waals surface area contributed by atoms with Gasteiger partial charge in [-0.25, -0.2) is 0 Å². The maximum atomic E-state index is 5.78. The fourth-order valence-electron chi connectivity index (χ4n) is 3.03. The van der Waals surface area contributed by atoms with E-state index in [-0.39, 0.29) is 0 Å². The van der Waals surface area contributed by atoms with Gasteiger partial charge in [-0.15, -0.1) is 0 Å². The van der Waals surface area contributed by atoms with Crippen LogP contribution in [0.1, 0.15) is 38.2 Å². The predicted molar refractivity (Wildman–Crippen MR) is 81.4 cm³/mol. The molecule has 1 aliphatic carbocycles. The molecule has 1 saturated carbocycles. The average molecular weight is 311 g/mol. The zero-order chi connectivity index (χ0) is 13.1. The molecule has 2 nitrogen and oxygen atoms in total. The molecule has 1 aromatic rings. The Labute approximate surface area is 119 Å². The molecule has 0 saturated heterocycles. The molecule has 0 bridgehead atoms. The van der Waals surface area contributed by atoms with E-state index >= 15 is 0 Å². The van der Waals surface area contributed by atoms with Crippen molar-refractivity contribution in [1.29, 1.82) is 0 Å². The lowest BCUT2D eigenvalue weighted by atomic mass is 9.85. The van der Waals surface area contributed by atoms with Crippen molar-refractivity contribution < 1.29 is 0 Å². The number of rotatable bonds is 3. The van der Waals surface area contributed by atoms with Crippen molar-refractivity contribution in [2.24, 2.45) is 5.92 Å². The maximum absolute atomic E-state index is 5.78. The maximum Gasteiger partial charge on any atom is 0.0325 e. The minimum atomic E-state index is 0.725. The highest BCUT2D eigenvalue weighted by Crippen LogP contribution is 2.29. The van der Waals surface area contributed by atoms with E-state index < -0.39 is 0 Å². The smallest absolute Gasteiger partial charge is 0.0325 e. The monoisotopic (exact) mass is 310 g/mol. The molecule has 1 aliphatic rings. The Morgan fingerprint density at radius 2 is 2.06 bits per heavy atom. The van der Waals surface area contributed by atoms with E-state index in [0.29, 0.717) is 0 Å². The van der Waals surface area contributed by atoms with Crippen LogP contribution >= 0.6 is 15.9 Å². The summed E-state index contributed by atoms with van der Waals surface area (Å²) in [5, 5.41) is 0. The minimum Gasteiger partial charge on any atom is -0.399 e. The molecule has 3 heteroatoms. The van der Waals surface area contributed by atoms with Crippen molar-refractivity contribution in [1.82, 2.24) is 4.90 Å². The van der Waals surface area contributed by atoms with Crippen molar-refractivity contribution in [3.63, 3.8) is 0 Å². The van der Waals surface area contributed by atoms with Crippen LogP contribution in [0.25, 0.3) is 0 Å². The second kappa shape index (κ2) is 6.07. The summed E-state index contributed by atoms with van der Waals surface area (Å²) in [6, 6.07) is 6.83. The highest BCUT2D eigenvalue weighted by atomic mass is 79.9. The van der Waals surface area contributed by atoms with E-state index in [1.54, 1.807) is 0 Å². The van der Waals surface area contributed by atoms with Gasteiger partial charge in [0.2, 0.25) is 0 Å². The van der Waals surface area contributed by atoms with Crippen molar-refractivity contribution in [2.75, 3.05) is 12.8 Å². The Balaban J connectivity index is 2.03. The van der Waals surface area contributed by atoms with Gasteiger partial charge in [0.1, 0.15) is 0 Å². The summed E-state index contributed by atoms with van der Waals surface area (Å²) < 4.78 is 1.12. The Morgan fingerprint density at radius 3 is 2.72 bits per heavy atom. The summed E-state index contributed by atoms with van der Waals surface area (Å²) in [5.74, 6) is 0.816. The highest BCUT2D eigenvalue weighted by Gasteiger charge is 2.25. The van der Waals surface area contributed by atoms with E-state index in [1.807, 2.05) is 12.1 Å². The third-order valence-electron chi connectivity index (χ3n) is 4.13. The number of nitrogens with zero attached hydrogens (tertiary/aromatic N) is 1. The molecule has 0 amide bonds. The molecule has 18 heavy (non-hydrogen) atoms. The van der Waals surface area contributed by atoms with Crippen molar-refractivity contribution in [3.8, 4) is 0 Å². The predicted octanol–water partition coefficient (Wildman–Crippen LogP) is 4.04. The molecule has 0 spiro atoms. The van der Waals surface area contributed by atoms with Gasteiger partial charge < -0.3 is 5.73 Å². The molecular formula is C15H23BrN2. The summed E-state index contributed by atoms with van der Waals surface area (Å²) in [5.41, 5.74) is 7.92. The Hall–Kier alpha value is -0.540. The summed E-state index contributed by atoms with van der Waals surface area (Å²) in [4.78, 5) is 2.50. The Bertz CT molecular complexity index is 405. The van der Waals surface area contributed by atoms with Crippen LogP contribution < -0.4 is 5.73 Å². The van der Waals surface area contributed by atoms with Gasteiger partial charge in [0.15, 0.2) is 0 Å². The first-order valence-corrected chi connectivity index (χ1v) is 7.61. The van der Waals surface area contributed by atoms with Gasteiger partial charge in [0.25, 0.3) is 0 Å². The molecule has 2 rings (SSSR count). The molecule has 0 aromatic heterocycles. The molecule has 2 unspecified atom stereocenters. The molecule has 0 heterocycles. The normalized spacial score (nSPS) is 24.4. The summed E-state index contributed by atoms with van der Waals surface area (Å²) in [6.45, 7) is 3.38. The number of hydrogen-bond donors (Lipinski definition) is 1. The quantitative estimate of drug-likeness (QED) is 0.854. The topological polar surface area (TPSA) is 29.3 Å². The lowest BCUT2D eigenvalue weighted by Crippen LogP contribution is -2.38. The van der Waals surface area contributed by atoms with E-state index in [0.717, 1.165) is 28.7 Å². The van der Waals surface area contributed by atoms with Gasteiger partial charge >= 0.3 is 0 Å². The second-order valence-corrected chi connectivity index (χ2v) is 6.45. The molecule has 1 fully saturated rings. The van der Waals surface area contributed by atoms with Crippen LogP contribution in [0.2, 0.25) is 0 Å². The van der Waals surface area contributed by atoms with Crippen LogP contribution in [0.3, 0.4) is 0 Å². The number of anilines is 1. The van der Waals surface area contributed by atoms with Gasteiger partial charge in [0, 0.05) is 22.7 Å². The van der Waals surface area contributed by atoms with Crippen LogP contribution in [-0.4, -0.2) is 18.0 Å². The Kier molecular flexibility index (Phi) is 4.68. The molecule has 2 N–H and O–H groups in total. The summed E-state index contributed by atoms with van der Waals surface area (Å²) in [7, 11) is 2.25. The second-order valence-electron chi connectivity index (χ2n) is 5.60. The number of nitrogens with two attached hydrogens (primary N) is 1. The van der Waals surface area contributed by atoms with E-state index in [1.165, 1.54) is 31.2 Å². The van der Waals surface area contributed by atoms with Crippen LogP contribution in [0.4, 0.5) is 5.69 Å². The lowest BCUT2D eigenvalue weighted by molar-refractivity contribution is 0.133. The van der Waals surface area contributed by atoms with Gasteiger partial charge in [0.05, 0.1) is 0 Å². The zero-order valence-corrected chi connectivity index (χ0v) is 12.9.